The van der Waals surface area contributed by atoms with E-state index in [4.69, 9.17) is 0 Å². The van der Waals surface area contributed by atoms with Gasteiger partial charge in [-0.3, -0.25) is 15.2 Å². The standard InChI is InChI=1S/C31H20N10O22S5.6Li/c42-28-23-12(7-18(64-63-62-49)24(28)36-33-16-6-3-14(41(47)48)9-19(16)66(53,54)55)8-21(68(59,60)61)25(29(23)43)37-34-17-11-32-22(10-20(17)67(56,57)58)35-38-26-27(31(45)46)39-40(30(26)44)13-1-4-15(5-2-13)65(50,51)52;;;;;;/h1-11,42-44,49H,(H,45,46)(H,50,51,52)(H,53,54,55)(H,56,57,58)(H,59,60,61);;;;;;/q;6*+1/p-6. The average molecular weight is 1080 g/mol. The Hall–Kier alpha value is -3.98. The van der Waals surface area contributed by atoms with Gasteiger partial charge in [-0.15, -0.1) is 30.7 Å². The molecule has 74 heavy (non-hydrogen) atoms. The van der Waals surface area contributed by atoms with E-state index in [1.165, 1.54) is 0 Å². The Morgan fingerprint density at radius 3 is 1.70 bits per heavy atom. The number of aromatic hydroxyl groups is 3. The first-order valence-electron chi connectivity index (χ1n) is 16.8. The number of pyridine rings is 1. The first kappa shape index (κ1) is 70.0. The van der Waals surface area contributed by atoms with Crippen LogP contribution in [-0.2, 0) is 49.8 Å². The van der Waals surface area contributed by atoms with Gasteiger partial charge in [0.1, 0.15) is 68.9 Å². The van der Waals surface area contributed by atoms with Crippen molar-refractivity contribution in [3.63, 3.8) is 0 Å². The van der Waals surface area contributed by atoms with Crippen molar-refractivity contribution in [1.29, 1.82) is 0 Å². The minimum absolute atomic E-state index is 0. The van der Waals surface area contributed by atoms with Gasteiger partial charge < -0.3 is 48.7 Å². The normalized spacial score (nSPS) is 11.7. The summed E-state index contributed by atoms with van der Waals surface area (Å²) in [4.78, 5) is 20.2. The molecular weight excluding hydrogens is 1070 g/mol. The van der Waals surface area contributed by atoms with Crippen molar-refractivity contribution in [3.05, 3.63) is 82.7 Å². The Morgan fingerprint density at radius 2 is 1.18 bits per heavy atom. The van der Waals surface area contributed by atoms with E-state index in [-0.39, 0.29) is 131 Å². The van der Waals surface area contributed by atoms with E-state index in [0.717, 1.165) is 30.3 Å². The minimum atomic E-state index is -5.76. The maximum absolute atomic E-state index is 12.4. The van der Waals surface area contributed by atoms with Crippen molar-refractivity contribution >= 4 is 109 Å². The molecule has 3 N–H and O–H groups in total. The molecule has 43 heteroatoms. The Balaban J connectivity index is 0.00000888. The summed E-state index contributed by atoms with van der Waals surface area (Å²) in [6.45, 7) is 0. The number of carboxylic acid groups (broad SMARTS) is 1. The fraction of sp³-hybridized carbons (Fsp3) is 0. The van der Waals surface area contributed by atoms with Crippen LogP contribution in [0.15, 0.2) is 122 Å². The third kappa shape index (κ3) is 15.8. The molecular formula is C31H14Li6N10O22S5. The number of carboxylic acids is 1. The number of azo groups is 3. The molecule has 0 saturated carbocycles. The van der Waals surface area contributed by atoms with Crippen LogP contribution in [0.25, 0.3) is 16.5 Å². The fourth-order valence-corrected chi connectivity index (χ4v) is 8.32. The number of carbonyl (C=O) groups is 1. The zero-order chi connectivity index (χ0) is 50.3. The Morgan fingerprint density at radius 1 is 0.649 bits per heavy atom. The molecule has 0 amide bonds. The van der Waals surface area contributed by atoms with Gasteiger partial charge in [0.2, 0.25) is 5.88 Å². The summed E-state index contributed by atoms with van der Waals surface area (Å²) in [5.74, 6) is -6.76. The Kier molecular flexibility index (Phi) is 25.9. The molecule has 0 radical (unpaired) electrons. The van der Waals surface area contributed by atoms with E-state index in [0.29, 0.717) is 41.2 Å². The number of nitro groups is 1. The summed E-state index contributed by atoms with van der Waals surface area (Å²) in [6, 6.07) is 6.71. The number of nitro benzene ring substituents is 1. The van der Waals surface area contributed by atoms with Crippen LogP contribution in [0.1, 0.15) is 10.5 Å². The van der Waals surface area contributed by atoms with E-state index in [1.807, 2.05) is 0 Å². The topological polar surface area (TPSA) is 519 Å². The van der Waals surface area contributed by atoms with Crippen molar-refractivity contribution in [2.24, 2.45) is 30.7 Å². The summed E-state index contributed by atoms with van der Waals surface area (Å²) in [6.07, 6.45) is 0.423. The predicted molar refractivity (Wildman–Crippen MR) is 207 cm³/mol. The van der Waals surface area contributed by atoms with Gasteiger partial charge in [-0.05, 0) is 47.9 Å². The molecule has 0 spiro atoms. The molecule has 6 rings (SSSR count). The smallest absolute Gasteiger partial charge is 0.744 e. The van der Waals surface area contributed by atoms with Gasteiger partial charge in [0, 0.05) is 18.2 Å². The monoisotopic (exact) mass is 1080 g/mol. The predicted octanol–water partition coefficient (Wildman–Crippen LogP) is -16.1. The second-order valence-electron chi connectivity index (χ2n) is 12.5. The van der Waals surface area contributed by atoms with E-state index in [9.17, 15) is 92.5 Å². The number of hydrogen-bond acceptors (Lipinski definition) is 31. The molecule has 4 aromatic carbocycles. The molecule has 32 nitrogen and oxygen atoms in total. The number of nitrogens with zero attached hydrogens (tertiary/aromatic N) is 10. The Bertz CT molecular complexity index is 3690. The van der Waals surface area contributed by atoms with Gasteiger partial charge in [0.15, 0.2) is 23.0 Å². The number of aromatic carboxylic acids is 1. The van der Waals surface area contributed by atoms with E-state index in [1.54, 1.807) is 0 Å². The van der Waals surface area contributed by atoms with Gasteiger partial charge in [0.25, 0.3) is 5.69 Å². The van der Waals surface area contributed by atoms with E-state index in [2.05, 4.69) is 50.1 Å². The summed E-state index contributed by atoms with van der Waals surface area (Å²) in [5.41, 5.74) is -7.40. The average Bonchev–Trinajstić information content (AvgIpc) is 3.58. The first-order chi connectivity index (χ1) is 31.6. The van der Waals surface area contributed by atoms with Crippen LogP contribution in [0.2, 0.25) is 0 Å². The molecule has 0 atom stereocenters. The fourth-order valence-electron chi connectivity index (χ4n) is 5.48. The molecule has 0 aliphatic carbocycles. The van der Waals surface area contributed by atoms with Gasteiger partial charge in [-0.25, -0.2) is 38.7 Å². The van der Waals surface area contributed by atoms with Crippen LogP contribution in [0.5, 0.6) is 17.4 Å². The quantitative estimate of drug-likeness (QED) is 0.0154. The Labute approximate surface area is 489 Å². The van der Waals surface area contributed by atoms with Crippen LogP contribution in [0.3, 0.4) is 0 Å². The van der Waals surface area contributed by atoms with E-state index >= 15 is 0 Å². The number of fused-ring (bicyclic) bond motifs is 1. The van der Waals surface area contributed by atoms with E-state index < -0.39 is 150 Å². The largest absolute Gasteiger partial charge is 1.00 e. The van der Waals surface area contributed by atoms with Crippen LogP contribution in [-0.4, -0.2) is 92.9 Å². The van der Waals surface area contributed by atoms with Gasteiger partial charge >= 0.3 is 113 Å². The molecule has 6 aromatic rings. The minimum Gasteiger partial charge on any atom is -0.744 e. The zero-order valence-electron chi connectivity index (χ0n) is 38.0. The first-order valence-corrected chi connectivity index (χ1v) is 23.2. The molecule has 0 bridgehead atoms. The van der Waals surface area contributed by atoms with Gasteiger partial charge in [0.05, 0.1) is 64.7 Å². The number of aromatic nitrogens is 3. The van der Waals surface area contributed by atoms with Crippen LogP contribution < -0.4 is 124 Å². The SMILES string of the molecule is O=C([O-])c1nn(-c2ccc(S(=O)(=O)[O-])cc2)c(O)c1N=Nc1cc(S(=O)(=O)[O-])c(N=Nc2c(S(=O)(=O)[O-])cc3cc(SOO[O-])c(N=Nc4ccc([N+](=O)[O-])cc4S(=O)(=O)[O-])c(O)c3c2O)cn1.[Li+].[Li+].[Li+].[Li+].[Li+].[Li+]. The molecule has 0 aliphatic heterocycles. The molecule has 2 heterocycles. The number of non-ortho nitro benzene ring substituents is 1. The van der Waals surface area contributed by atoms with Crippen molar-refractivity contribution < 1.29 is 210 Å². The molecule has 0 saturated heterocycles. The molecule has 0 aliphatic rings. The number of phenolic OH excluding ortho intramolecular Hbond substituents is 2. The number of hydrogen-bond donors (Lipinski definition) is 3. The van der Waals surface area contributed by atoms with Crippen LogP contribution >= 0.6 is 12.0 Å². The van der Waals surface area contributed by atoms with Crippen LogP contribution in [0, 0.1) is 10.1 Å². The van der Waals surface area contributed by atoms with Crippen molar-refractivity contribution in [2.75, 3.05) is 0 Å². The second-order valence-corrected chi connectivity index (χ2v) is 18.7. The number of phenols is 2. The summed E-state index contributed by atoms with van der Waals surface area (Å²) in [5, 5.41) is 93.1. The van der Waals surface area contributed by atoms with Crippen molar-refractivity contribution in [2.45, 2.75) is 24.5 Å². The van der Waals surface area contributed by atoms with Crippen molar-refractivity contribution in [1.82, 2.24) is 14.8 Å². The maximum atomic E-state index is 12.4. The van der Waals surface area contributed by atoms with Crippen molar-refractivity contribution in [3.8, 4) is 23.1 Å². The third-order valence-electron chi connectivity index (χ3n) is 8.36. The van der Waals surface area contributed by atoms with Gasteiger partial charge in [-0.1, -0.05) is 0 Å². The summed E-state index contributed by atoms with van der Waals surface area (Å²) >= 11 is -0.0786. The number of rotatable bonds is 16. The third-order valence-corrected chi connectivity index (χ3v) is 12.4. The van der Waals surface area contributed by atoms with Crippen LogP contribution in [0.4, 0.5) is 39.9 Å². The maximum Gasteiger partial charge on any atom is 1.00 e. The number of benzene rings is 4. The second kappa shape index (κ2) is 27.4. The number of carbonyl (C=O) groups excluding carboxylic acids is 1. The summed E-state index contributed by atoms with van der Waals surface area (Å²) in [7, 11) is -21.9. The molecule has 0 unspecified atom stereocenters. The zero-order valence-corrected chi connectivity index (χ0v) is 42.0. The molecule has 356 valence electrons. The molecule has 2 aromatic heterocycles. The van der Waals surface area contributed by atoms with Gasteiger partial charge in [-0.2, -0.15) is 14.1 Å². The molecule has 0 fully saturated rings. The summed E-state index contributed by atoms with van der Waals surface area (Å²) < 4.78 is 149.